The Morgan fingerprint density at radius 3 is 2.48 bits per heavy atom. The van der Waals surface area contributed by atoms with E-state index in [0.29, 0.717) is 11.3 Å². The number of anilines is 1. The van der Waals surface area contributed by atoms with E-state index >= 15 is 0 Å². The van der Waals surface area contributed by atoms with Gasteiger partial charge in [-0.25, -0.2) is 10.1 Å². The Balaban J connectivity index is 2.10. The fourth-order valence-corrected chi connectivity index (χ4v) is 2.34. The van der Waals surface area contributed by atoms with Crippen molar-refractivity contribution in [3.05, 3.63) is 76.2 Å². The number of hydrogen-bond acceptors (Lipinski definition) is 3. The highest BCUT2D eigenvalue weighted by Crippen LogP contribution is 2.25. The molecule has 0 fully saturated rings. The van der Waals surface area contributed by atoms with Crippen LogP contribution in [0.2, 0.25) is 0 Å². The third-order valence-electron chi connectivity index (χ3n) is 3.57. The van der Waals surface area contributed by atoms with Crippen molar-refractivity contribution in [3.63, 3.8) is 0 Å². The molecule has 0 bridgehead atoms. The van der Waals surface area contributed by atoms with Crippen molar-refractivity contribution in [3.8, 4) is 6.07 Å². The van der Waals surface area contributed by atoms with Crippen molar-refractivity contribution in [2.75, 3.05) is 19.0 Å². The average molecular weight is 305 g/mol. The van der Waals surface area contributed by atoms with Crippen LogP contribution in [-0.2, 0) is 11.2 Å². The van der Waals surface area contributed by atoms with Crippen molar-refractivity contribution in [2.24, 2.45) is 0 Å². The lowest BCUT2D eigenvalue weighted by Gasteiger charge is -2.16. The molecule has 2 rings (SSSR count). The standard InChI is InChI=1S/C19H19N3O/c1-14-11-16(19(13-20)21-2)12-18(23-14)10-7-15-5-8-17(9-6-15)22(3)4/h5-6,8-9,11-12H,7,10H2,1,3-4H3/b19-16-. The molecule has 1 heterocycles. The van der Waals surface area contributed by atoms with Crippen molar-refractivity contribution in [1.82, 2.24) is 0 Å². The Bertz CT molecular complexity index is 737. The van der Waals surface area contributed by atoms with Crippen LogP contribution < -0.4 is 4.90 Å². The number of benzene rings is 1. The van der Waals surface area contributed by atoms with Gasteiger partial charge in [-0.2, -0.15) is 0 Å². The van der Waals surface area contributed by atoms with Crippen LogP contribution in [0.1, 0.15) is 18.9 Å². The van der Waals surface area contributed by atoms with Gasteiger partial charge in [0.25, 0.3) is 5.70 Å². The molecule has 0 N–H and O–H groups in total. The molecule has 4 heteroatoms. The van der Waals surface area contributed by atoms with Gasteiger partial charge in [-0.05, 0) is 48.8 Å². The zero-order valence-corrected chi connectivity index (χ0v) is 13.6. The zero-order chi connectivity index (χ0) is 16.8. The maximum absolute atomic E-state index is 9.00. The molecule has 0 spiro atoms. The monoisotopic (exact) mass is 305 g/mol. The second kappa shape index (κ2) is 7.33. The highest BCUT2D eigenvalue weighted by atomic mass is 16.5. The Labute approximate surface area is 137 Å². The molecule has 0 aromatic heterocycles. The van der Waals surface area contributed by atoms with Crippen LogP contribution in [0.3, 0.4) is 0 Å². The fraction of sp³-hybridized carbons (Fsp3) is 0.263. The number of hydrogen-bond donors (Lipinski definition) is 0. The van der Waals surface area contributed by atoms with Crippen molar-refractivity contribution in [1.29, 1.82) is 5.26 Å². The van der Waals surface area contributed by atoms with Gasteiger partial charge >= 0.3 is 0 Å². The Hall–Kier alpha value is -2.98. The number of rotatable bonds is 4. The first-order valence-corrected chi connectivity index (χ1v) is 7.38. The minimum absolute atomic E-state index is 0.0977. The van der Waals surface area contributed by atoms with Gasteiger partial charge in [0.15, 0.2) is 0 Å². The van der Waals surface area contributed by atoms with Crippen LogP contribution in [0.15, 0.2) is 59.2 Å². The van der Waals surface area contributed by atoms with Gasteiger partial charge in [-0.15, -0.1) is 0 Å². The van der Waals surface area contributed by atoms with E-state index in [0.717, 1.165) is 18.6 Å². The van der Waals surface area contributed by atoms with Crippen LogP contribution in [0.25, 0.3) is 4.85 Å². The fourth-order valence-electron chi connectivity index (χ4n) is 2.34. The van der Waals surface area contributed by atoms with Gasteiger partial charge in [-0.1, -0.05) is 12.1 Å². The highest BCUT2D eigenvalue weighted by Gasteiger charge is 2.12. The molecule has 0 radical (unpaired) electrons. The van der Waals surface area contributed by atoms with Gasteiger partial charge < -0.3 is 9.64 Å². The van der Waals surface area contributed by atoms with E-state index < -0.39 is 0 Å². The van der Waals surface area contributed by atoms with E-state index in [2.05, 4.69) is 34.0 Å². The highest BCUT2D eigenvalue weighted by molar-refractivity contribution is 5.49. The first-order chi connectivity index (χ1) is 11.0. The molecule has 116 valence electrons. The smallest absolute Gasteiger partial charge is 0.269 e. The summed E-state index contributed by atoms with van der Waals surface area (Å²) in [5.74, 6) is 1.49. The largest absolute Gasteiger partial charge is 0.466 e. The zero-order valence-electron chi connectivity index (χ0n) is 13.6. The SMILES string of the molecule is [C-]#[N+]/C(C#N)=C1/C=C(C)OC(CCc2ccc(N(C)C)cc2)=C1. The summed E-state index contributed by atoms with van der Waals surface area (Å²) in [5.41, 5.74) is 3.12. The van der Waals surface area contributed by atoms with Gasteiger partial charge in [0.1, 0.15) is 5.76 Å². The minimum atomic E-state index is 0.0977. The molecule has 0 saturated heterocycles. The lowest BCUT2D eigenvalue weighted by molar-refractivity contribution is 0.287. The maximum atomic E-state index is 9.00. The predicted octanol–water partition coefficient (Wildman–Crippen LogP) is 4.20. The summed E-state index contributed by atoms with van der Waals surface area (Å²) < 4.78 is 5.71. The molecule has 0 unspecified atom stereocenters. The molecule has 0 aliphatic carbocycles. The quantitative estimate of drug-likeness (QED) is 0.618. The van der Waals surface area contributed by atoms with Crippen LogP contribution >= 0.6 is 0 Å². The normalized spacial score (nSPS) is 15.5. The molecule has 0 amide bonds. The Morgan fingerprint density at radius 1 is 1.22 bits per heavy atom. The number of aryl methyl sites for hydroxylation is 1. The Morgan fingerprint density at radius 2 is 1.91 bits per heavy atom. The Kier molecular flexibility index (Phi) is 5.23. The lowest BCUT2D eigenvalue weighted by Crippen LogP contribution is -2.08. The third-order valence-corrected chi connectivity index (χ3v) is 3.57. The molecular weight excluding hydrogens is 286 g/mol. The van der Waals surface area contributed by atoms with Crippen molar-refractivity contribution < 1.29 is 4.74 Å². The summed E-state index contributed by atoms with van der Waals surface area (Å²) in [6.45, 7) is 8.89. The van der Waals surface area contributed by atoms with Gasteiger partial charge in [0.05, 0.1) is 18.4 Å². The van der Waals surface area contributed by atoms with E-state index in [-0.39, 0.29) is 5.70 Å². The van der Waals surface area contributed by atoms with Crippen molar-refractivity contribution in [2.45, 2.75) is 19.8 Å². The number of nitriles is 1. The number of allylic oxidation sites excluding steroid dienone is 6. The summed E-state index contributed by atoms with van der Waals surface area (Å²) in [5, 5.41) is 9.00. The van der Waals surface area contributed by atoms with Crippen LogP contribution in [0.5, 0.6) is 0 Å². The van der Waals surface area contributed by atoms with Crippen LogP contribution in [0, 0.1) is 17.9 Å². The maximum Gasteiger partial charge on any atom is 0.269 e. The number of nitrogens with zero attached hydrogens (tertiary/aromatic N) is 3. The summed E-state index contributed by atoms with van der Waals surface area (Å²) in [7, 11) is 4.03. The molecule has 23 heavy (non-hydrogen) atoms. The lowest BCUT2D eigenvalue weighted by atomic mass is 10.0. The molecular formula is C19H19N3O. The van der Waals surface area contributed by atoms with E-state index in [1.165, 1.54) is 11.3 Å². The molecule has 1 aliphatic rings. The molecule has 4 nitrogen and oxygen atoms in total. The third kappa shape index (κ3) is 4.25. The molecule has 0 saturated carbocycles. The summed E-state index contributed by atoms with van der Waals surface area (Å²) in [6.07, 6.45) is 5.09. The summed E-state index contributed by atoms with van der Waals surface area (Å²) in [6, 6.07) is 10.3. The van der Waals surface area contributed by atoms with E-state index in [1.807, 2.05) is 27.1 Å². The first kappa shape index (κ1) is 16.4. The van der Waals surface area contributed by atoms with Gasteiger partial charge in [-0.3, -0.25) is 0 Å². The molecule has 0 atom stereocenters. The second-order valence-corrected chi connectivity index (χ2v) is 5.56. The predicted molar refractivity (Wildman–Crippen MR) is 91.3 cm³/mol. The van der Waals surface area contributed by atoms with Gasteiger partial charge in [0, 0.05) is 26.2 Å². The van der Waals surface area contributed by atoms with E-state index in [1.54, 1.807) is 12.2 Å². The van der Waals surface area contributed by atoms with Crippen LogP contribution in [-0.4, -0.2) is 14.1 Å². The summed E-state index contributed by atoms with van der Waals surface area (Å²) in [4.78, 5) is 5.33. The first-order valence-electron chi connectivity index (χ1n) is 7.38. The van der Waals surface area contributed by atoms with Gasteiger partial charge in [0.2, 0.25) is 0 Å². The molecule has 1 aliphatic heterocycles. The minimum Gasteiger partial charge on any atom is -0.466 e. The molecule has 1 aromatic carbocycles. The van der Waals surface area contributed by atoms with Crippen LogP contribution in [0.4, 0.5) is 5.69 Å². The number of ether oxygens (including phenoxy) is 1. The van der Waals surface area contributed by atoms with E-state index in [9.17, 15) is 0 Å². The topological polar surface area (TPSA) is 40.6 Å². The summed E-state index contributed by atoms with van der Waals surface area (Å²) >= 11 is 0. The second-order valence-electron chi connectivity index (χ2n) is 5.56. The average Bonchev–Trinajstić information content (AvgIpc) is 2.54. The molecule has 1 aromatic rings. The van der Waals surface area contributed by atoms with E-state index in [4.69, 9.17) is 16.6 Å². The van der Waals surface area contributed by atoms with Crippen molar-refractivity contribution >= 4 is 5.69 Å².